The lowest BCUT2D eigenvalue weighted by Gasteiger charge is -2.12. The SMILES string of the molecule is c1ccc(CNc2ccccc2[C@@H]2C[C@H]2C2CC2)cc1. The van der Waals surface area contributed by atoms with Gasteiger partial charge in [0.2, 0.25) is 0 Å². The Morgan fingerprint density at radius 3 is 2.45 bits per heavy atom. The van der Waals surface area contributed by atoms with Gasteiger partial charge in [0.15, 0.2) is 0 Å². The van der Waals surface area contributed by atoms with Crippen molar-refractivity contribution in [3.63, 3.8) is 0 Å². The van der Waals surface area contributed by atoms with Crippen LogP contribution in [0.1, 0.15) is 36.3 Å². The molecule has 0 saturated heterocycles. The largest absolute Gasteiger partial charge is 0.381 e. The first-order valence-corrected chi connectivity index (χ1v) is 7.78. The molecule has 20 heavy (non-hydrogen) atoms. The number of para-hydroxylation sites is 1. The molecular weight excluding hydrogens is 242 g/mol. The average Bonchev–Trinajstić information content (AvgIpc) is 3.39. The Morgan fingerprint density at radius 2 is 1.65 bits per heavy atom. The molecule has 0 radical (unpaired) electrons. The highest BCUT2D eigenvalue weighted by atomic mass is 14.9. The average molecular weight is 263 g/mol. The third-order valence-electron chi connectivity index (χ3n) is 4.75. The predicted molar refractivity (Wildman–Crippen MR) is 83.8 cm³/mol. The molecule has 0 heterocycles. The van der Waals surface area contributed by atoms with E-state index in [9.17, 15) is 0 Å². The van der Waals surface area contributed by atoms with Gasteiger partial charge in [-0.05, 0) is 54.2 Å². The molecule has 2 aromatic carbocycles. The van der Waals surface area contributed by atoms with Gasteiger partial charge in [0, 0.05) is 12.2 Å². The fourth-order valence-corrected chi connectivity index (χ4v) is 3.39. The Morgan fingerprint density at radius 1 is 0.900 bits per heavy atom. The summed E-state index contributed by atoms with van der Waals surface area (Å²) in [5, 5.41) is 3.63. The van der Waals surface area contributed by atoms with Crippen molar-refractivity contribution in [2.24, 2.45) is 11.8 Å². The molecule has 0 amide bonds. The van der Waals surface area contributed by atoms with Crippen molar-refractivity contribution >= 4 is 5.69 Å². The van der Waals surface area contributed by atoms with Crippen LogP contribution in [0.2, 0.25) is 0 Å². The highest BCUT2D eigenvalue weighted by Crippen LogP contribution is 2.60. The van der Waals surface area contributed by atoms with Gasteiger partial charge < -0.3 is 5.32 Å². The van der Waals surface area contributed by atoms with Gasteiger partial charge in [0.1, 0.15) is 0 Å². The Kier molecular flexibility index (Phi) is 2.99. The number of anilines is 1. The summed E-state index contributed by atoms with van der Waals surface area (Å²) in [5.41, 5.74) is 4.22. The Hall–Kier alpha value is -1.76. The first-order valence-electron chi connectivity index (χ1n) is 7.78. The standard InChI is InChI=1S/C19H21N/c1-2-6-14(7-3-1)13-20-19-9-5-4-8-16(19)18-12-17(18)15-10-11-15/h1-9,15,17-18,20H,10-13H2/t17-,18-/m0/s1. The van der Waals surface area contributed by atoms with E-state index in [0.717, 1.165) is 24.3 Å². The molecule has 2 aliphatic carbocycles. The van der Waals surface area contributed by atoms with Gasteiger partial charge in [-0.25, -0.2) is 0 Å². The summed E-state index contributed by atoms with van der Waals surface area (Å²) >= 11 is 0. The molecular formula is C19H21N. The Labute approximate surface area is 121 Å². The maximum absolute atomic E-state index is 3.63. The maximum atomic E-state index is 3.63. The van der Waals surface area contributed by atoms with Crippen molar-refractivity contribution in [2.75, 3.05) is 5.32 Å². The second kappa shape index (κ2) is 4.97. The van der Waals surface area contributed by atoms with Crippen molar-refractivity contribution in [2.45, 2.75) is 31.7 Å². The van der Waals surface area contributed by atoms with Crippen LogP contribution < -0.4 is 5.32 Å². The third-order valence-corrected chi connectivity index (χ3v) is 4.75. The number of hydrogen-bond donors (Lipinski definition) is 1. The summed E-state index contributed by atoms with van der Waals surface area (Å²) in [6.07, 6.45) is 4.36. The molecule has 0 bridgehead atoms. The van der Waals surface area contributed by atoms with E-state index in [-0.39, 0.29) is 0 Å². The van der Waals surface area contributed by atoms with E-state index in [0.29, 0.717) is 0 Å². The first-order chi connectivity index (χ1) is 9.92. The molecule has 1 heteroatoms. The fraction of sp³-hybridized carbons (Fsp3) is 0.368. The van der Waals surface area contributed by atoms with E-state index in [1.54, 1.807) is 5.56 Å². The lowest BCUT2D eigenvalue weighted by Crippen LogP contribution is -2.02. The molecule has 1 N–H and O–H groups in total. The van der Waals surface area contributed by atoms with E-state index in [1.807, 2.05) is 0 Å². The number of benzene rings is 2. The highest BCUT2D eigenvalue weighted by molar-refractivity contribution is 5.55. The Balaban J connectivity index is 1.47. The minimum absolute atomic E-state index is 0.821. The molecule has 0 aliphatic heterocycles. The monoisotopic (exact) mass is 263 g/mol. The van der Waals surface area contributed by atoms with Crippen LogP contribution >= 0.6 is 0 Å². The topological polar surface area (TPSA) is 12.0 Å². The van der Waals surface area contributed by atoms with Gasteiger partial charge in [-0.15, -0.1) is 0 Å². The normalized spacial score (nSPS) is 24.4. The van der Waals surface area contributed by atoms with Gasteiger partial charge in [-0.1, -0.05) is 48.5 Å². The van der Waals surface area contributed by atoms with Gasteiger partial charge in [0.25, 0.3) is 0 Å². The minimum atomic E-state index is 0.821. The first kappa shape index (κ1) is 12.0. The number of hydrogen-bond acceptors (Lipinski definition) is 1. The van der Waals surface area contributed by atoms with Crippen LogP contribution in [0.5, 0.6) is 0 Å². The molecule has 102 valence electrons. The molecule has 0 spiro atoms. The molecule has 0 aromatic heterocycles. The molecule has 0 unspecified atom stereocenters. The number of nitrogens with one attached hydrogen (secondary N) is 1. The summed E-state index contributed by atoms with van der Waals surface area (Å²) in [6, 6.07) is 19.5. The van der Waals surface area contributed by atoms with Crippen LogP contribution in [0, 0.1) is 11.8 Å². The highest BCUT2D eigenvalue weighted by Gasteiger charge is 2.48. The van der Waals surface area contributed by atoms with E-state index in [2.05, 4.69) is 59.9 Å². The summed E-state index contributed by atoms with van der Waals surface area (Å²) < 4.78 is 0. The summed E-state index contributed by atoms with van der Waals surface area (Å²) in [6.45, 7) is 0.915. The van der Waals surface area contributed by atoms with E-state index < -0.39 is 0 Å². The van der Waals surface area contributed by atoms with Crippen LogP contribution in [0.15, 0.2) is 54.6 Å². The lowest BCUT2D eigenvalue weighted by molar-refractivity contribution is 0.690. The molecule has 2 atom stereocenters. The lowest BCUT2D eigenvalue weighted by atomic mass is 10.0. The van der Waals surface area contributed by atoms with Crippen LogP contribution in [0.25, 0.3) is 0 Å². The van der Waals surface area contributed by atoms with Crippen LogP contribution in [-0.2, 0) is 6.54 Å². The van der Waals surface area contributed by atoms with Crippen molar-refractivity contribution in [1.82, 2.24) is 0 Å². The molecule has 2 aromatic rings. The van der Waals surface area contributed by atoms with Crippen molar-refractivity contribution in [3.05, 3.63) is 65.7 Å². The quantitative estimate of drug-likeness (QED) is 0.816. The fourth-order valence-electron chi connectivity index (χ4n) is 3.39. The zero-order chi connectivity index (χ0) is 13.4. The molecule has 4 rings (SSSR count). The van der Waals surface area contributed by atoms with Crippen molar-refractivity contribution in [1.29, 1.82) is 0 Å². The van der Waals surface area contributed by atoms with Crippen LogP contribution in [0.4, 0.5) is 5.69 Å². The van der Waals surface area contributed by atoms with E-state index >= 15 is 0 Å². The van der Waals surface area contributed by atoms with E-state index in [1.165, 1.54) is 30.5 Å². The zero-order valence-electron chi connectivity index (χ0n) is 11.8. The van der Waals surface area contributed by atoms with Crippen molar-refractivity contribution < 1.29 is 0 Å². The second-order valence-electron chi connectivity index (χ2n) is 6.27. The third kappa shape index (κ3) is 2.45. The second-order valence-corrected chi connectivity index (χ2v) is 6.27. The predicted octanol–water partition coefficient (Wildman–Crippen LogP) is 4.81. The van der Waals surface area contributed by atoms with Crippen molar-refractivity contribution in [3.8, 4) is 0 Å². The van der Waals surface area contributed by atoms with E-state index in [4.69, 9.17) is 0 Å². The summed E-state index contributed by atoms with van der Waals surface area (Å²) in [5.74, 6) is 2.85. The summed E-state index contributed by atoms with van der Waals surface area (Å²) in [7, 11) is 0. The zero-order valence-corrected chi connectivity index (χ0v) is 11.8. The molecule has 2 saturated carbocycles. The minimum Gasteiger partial charge on any atom is -0.381 e. The van der Waals surface area contributed by atoms with Gasteiger partial charge in [-0.3, -0.25) is 0 Å². The van der Waals surface area contributed by atoms with Gasteiger partial charge in [-0.2, -0.15) is 0 Å². The van der Waals surface area contributed by atoms with Crippen LogP contribution in [-0.4, -0.2) is 0 Å². The molecule has 2 fully saturated rings. The smallest absolute Gasteiger partial charge is 0.0400 e. The number of rotatable bonds is 5. The van der Waals surface area contributed by atoms with Gasteiger partial charge in [0.05, 0.1) is 0 Å². The van der Waals surface area contributed by atoms with Gasteiger partial charge >= 0.3 is 0 Å². The Bertz CT molecular complexity index is 586. The molecule has 1 nitrogen and oxygen atoms in total. The van der Waals surface area contributed by atoms with Crippen LogP contribution in [0.3, 0.4) is 0 Å². The summed E-state index contributed by atoms with van der Waals surface area (Å²) in [4.78, 5) is 0. The maximum Gasteiger partial charge on any atom is 0.0400 e. The molecule has 2 aliphatic rings.